The van der Waals surface area contributed by atoms with Crippen LogP contribution in [0.2, 0.25) is 0 Å². The zero-order chi connectivity index (χ0) is 14.7. The summed E-state index contributed by atoms with van der Waals surface area (Å²) in [4.78, 5) is 26.2. The van der Waals surface area contributed by atoms with E-state index in [1.807, 2.05) is 4.90 Å². The summed E-state index contributed by atoms with van der Waals surface area (Å²) in [6.07, 6.45) is 9.34. The minimum absolute atomic E-state index is 0.00904. The van der Waals surface area contributed by atoms with Gasteiger partial charge in [0.1, 0.15) is 0 Å². The maximum Gasteiger partial charge on any atom is 0.241 e. The van der Waals surface area contributed by atoms with Gasteiger partial charge in [0.2, 0.25) is 11.8 Å². The molecule has 5 nitrogen and oxygen atoms in total. The Kier molecular flexibility index (Phi) is 4.78. The zero-order valence-corrected chi connectivity index (χ0v) is 12.8. The van der Waals surface area contributed by atoms with Crippen molar-refractivity contribution >= 4 is 11.8 Å². The molecule has 0 radical (unpaired) electrons. The van der Waals surface area contributed by atoms with Gasteiger partial charge in [0.25, 0.3) is 0 Å². The van der Waals surface area contributed by atoms with Crippen molar-refractivity contribution in [3.63, 3.8) is 0 Å². The Labute approximate surface area is 126 Å². The van der Waals surface area contributed by atoms with Crippen LogP contribution in [-0.4, -0.2) is 48.4 Å². The first-order valence-electron chi connectivity index (χ1n) is 8.55. The third-order valence-electron chi connectivity index (χ3n) is 5.30. The Hall–Kier alpha value is -1.10. The second kappa shape index (κ2) is 6.77. The molecule has 5 heteroatoms. The molecule has 3 fully saturated rings. The van der Waals surface area contributed by atoms with Gasteiger partial charge in [-0.1, -0.05) is 12.8 Å². The first-order valence-corrected chi connectivity index (χ1v) is 8.55. The average molecular weight is 293 g/mol. The van der Waals surface area contributed by atoms with Gasteiger partial charge in [-0.05, 0) is 44.4 Å². The fourth-order valence-electron chi connectivity index (χ4n) is 4.06. The second-order valence-electron chi connectivity index (χ2n) is 6.77. The standard InChI is InChI=1S/C16H27N3O2/c20-15(19-8-4-1-5-9-19)11-17-16(21)14-10-12-6-2-3-7-13(12)18-14/h12-14,18H,1-11H2,(H,17,21)/t12-,13-,14-/m0/s1. The number of nitrogens with zero attached hydrogens (tertiary/aromatic N) is 1. The molecule has 21 heavy (non-hydrogen) atoms. The van der Waals surface area contributed by atoms with Crippen LogP contribution in [0.5, 0.6) is 0 Å². The number of nitrogens with one attached hydrogen (secondary N) is 2. The Bertz CT molecular complexity index is 379. The number of likely N-dealkylation sites (tertiary alicyclic amines) is 1. The number of fused-ring (bicyclic) bond motifs is 1. The molecule has 2 heterocycles. The number of amides is 2. The number of piperidine rings is 1. The summed E-state index contributed by atoms with van der Waals surface area (Å²) in [5, 5.41) is 6.30. The smallest absolute Gasteiger partial charge is 0.241 e. The van der Waals surface area contributed by atoms with Crippen molar-refractivity contribution < 1.29 is 9.59 Å². The van der Waals surface area contributed by atoms with Crippen LogP contribution in [0.1, 0.15) is 51.4 Å². The van der Waals surface area contributed by atoms with Gasteiger partial charge in [-0.25, -0.2) is 0 Å². The molecule has 118 valence electrons. The molecular formula is C16H27N3O2. The summed E-state index contributed by atoms with van der Waals surface area (Å²) in [5.41, 5.74) is 0. The molecule has 1 saturated carbocycles. The molecule has 3 aliphatic rings. The summed E-state index contributed by atoms with van der Waals surface area (Å²) >= 11 is 0. The van der Waals surface area contributed by atoms with Crippen molar-refractivity contribution in [2.45, 2.75) is 63.5 Å². The average Bonchev–Trinajstić information content (AvgIpc) is 2.97. The van der Waals surface area contributed by atoms with Crippen LogP contribution in [0.3, 0.4) is 0 Å². The van der Waals surface area contributed by atoms with E-state index in [0.717, 1.165) is 32.4 Å². The Balaban J connectivity index is 1.43. The molecule has 2 saturated heterocycles. The molecule has 3 rings (SSSR count). The zero-order valence-electron chi connectivity index (χ0n) is 12.8. The lowest BCUT2D eigenvalue weighted by Crippen LogP contribution is -2.47. The van der Waals surface area contributed by atoms with Gasteiger partial charge >= 0.3 is 0 Å². The molecule has 0 unspecified atom stereocenters. The highest BCUT2D eigenvalue weighted by atomic mass is 16.2. The Morgan fingerprint density at radius 3 is 2.57 bits per heavy atom. The maximum atomic E-state index is 12.2. The van der Waals surface area contributed by atoms with E-state index in [-0.39, 0.29) is 24.4 Å². The fraction of sp³-hybridized carbons (Fsp3) is 0.875. The van der Waals surface area contributed by atoms with Crippen molar-refractivity contribution in [1.82, 2.24) is 15.5 Å². The van der Waals surface area contributed by atoms with E-state index in [4.69, 9.17) is 0 Å². The molecule has 0 aromatic carbocycles. The topological polar surface area (TPSA) is 61.4 Å². The maximum absolute atomic E-state index is 12.2. The first-order chi connectivity index (χ1) is 10.2. The predicted octanol–water partition coefficient (Wildman–Crippen LogP) is 1.04. The number of hydrogen-bond acceptors (Lipinski definition) is 3. The monoisotopic (exact) mass is 293 g/mol. The number of hydrogen-bond donors (Lipinski definition) is 2. The van der Waals surface area contributed by atoms with E-state index in [2.05, 4.69) is 10.6 Å². The molecule has 2 aliphatic heterocycles. The molecule has 3 atom stereocenters. The SMILES string of the molecule is O=C(NCC(=O)N1CCCCC1)[C@@H]1C[C@@H]2CCCC[C@@H]2N1. The Morgan fingerprint density at radius 2 is 1.81 bits per heavy atom. The lowest BCUT2D eigenvalue weighted by atomic mass is 9.85. The van der Waals surface area contributed by atoms with Crippen LogP contribution < -0.4 is 10.6 Å². The van der Waals surface area contributed by atoms with E-state index >= 15 is 0 Å². The largest absolute Gasteiger partial charge is 0.346 e. The highest BCUT2D eigenvalue weighted by Crippen LogP contribution is 2.33. The normalized spacial score (nSPS) is 32.6. The van der Waals surface area contributed by atoms with E-state index in [1.54, 1.807) is 0 Å². The highest BCUT2D eigenvalue weighted by Gasteiger charge is 2.38. The quantitative estimate of drug-likeness (QED) is 0.817. The fourth-order valence-corrected chi connectivity index (χ4v) is 4.06. The van der Waals surface area contributed by atoms with Gasteiger partial charge in [0.05, 0.1) is 12.6 Å². The summed E-state index contributed by atoms with van der Waals surface area (Å²) in [5.74, 6) is 0.737. The van der Waals surface area contributed by atoms with Gasteiger partial charge in [-0.2, -0.15) is 0 Å². The molecule has 0 aromatic rings. The van der Waals surface area contributed by atoms with Crippen molar-refractivity contribution in [1.29, 1.82) is 0 Å². The predicted molar refractivity (Wildman–Crippen MR) is 80.7 cm³/mol. The molecule has 0 bridgehead atoms. The van der Waals surface area contributed by atoms with Crippen LogP contribution in [0.4, 0.5) is 0 Å². The van der Waals surface area contributed by atoms with Crippen LogP contribution >= 0.6 is 0 Å². The third kappa shape index (κ3) is 3.57. The molecule has 0 spiro atoms. The molecule has 1 aliphatic carbocycles. The molecular weight excluding hydrogens is 266 g/mol. The summed E-state index contributed by atoms with van der Waals surface area (Å²) < 4.78 is 0. The van der Waals surface area contributed by atoms with Gasteiger partial charge in [-0.3, -0.25) is 9.59 Å². The van der Waals surface area contributed by atoms with Crippen LogP contribution in [0.25, 0.3) is 0 Å². The molecule has 2 amide bonds. The number of carbonyl (C=O) groups is 2. The molecule has 0 aromatic heterocycles. The van der Waals surface area contributed by atoms with Gasteiger partial charge in [-0.15, -0.1) is 0 Å². The van der Waals surface area contributed by atoms with E-state index < -0.39 is 0 Å². The summed E-state index contributed by atoms with van der Waals surface area (Å²) in [7, 11) is 0. The molecule has 2 N–H and O–H groups in total. The highest BCUT2D eigenvalue weighted by molar-refractivity contribution is 5.87. The summed E-state index contributed by atoms with van der Waals surface area (Å²) in [6, 6.07) is 0.430. The van der Waals surface area contributed by atoms with Gasteiger partial charge in [0, 0.05) is 19.1 Å². The minimum Gasteiger partial charge on any atom is -0.346 e. The van der Waals surface area contributed by atoms with Crippen LogP contribution in [0.15, 0.2) is 0 Å². The number of rotatable bonds is 3. The lowest BCUT2D eigenvalue weighted by Gasteiger charge is -2.27. The Morgan fingerprint density at radius 1 is 1.05 bits per heavy atom. The second-order valence-corrected chi connectivity index (χ2v) is 6.77. The first kappa shape index (κ1) is 14.8. The van der Waals surface area contributed by atoms with Gasteiger partial charge < -0.3 is 15.5 Å². The van der Waals surface area contributed by atoms with Crippen molar-refractivity contribution in [2.24, 2.45) is 5.92 Å². The van der Waals surface area contributed by atoms with Crippen LogP contribution in [-0.2, 0) is 9.59 Å². The van der Waals surface area contributed by atoms with Crippen molar-refractivity contribution in [2.75, 3.05) is 19.6 Å². The van der Waals surface area contributed by atoms with Crippen molar-refractivity contribution in [3.8, 4) is 0 Å². The van der Waals surface area contributed by atoms with Crippen LogP contribution in [0, 0.1) is 5.92 Å². The summed E-state index contributed by atoms with van der Waals surface area (Å²) in [6.45, 7) is 1.85. The van der Waals surface area contributed by atoms with E-state index in [1.165, 1.54) is 32.1 Å². The van der Waals surface area contributed by atoms with Crippen molar-refractivity contribution in [3.05, 3.63) is 0 Å². The third-order valence-corrected chi connectivity index (χ3v) is 5.30. The van der Waals surface area contributed by atoms with Gasteiger partial charge in [0.15, 0.2) is 0 Å². The van der Waals surface area contributed by atoms with E-state index in [0.29, 0.717) is 12.0 Å². The van der Waals surface area contributed by atoms with E-state index in [9.17, 15) is 9.59 Å². The minimum atomic E-state index is -0.0905. The number of carbonyl (C=O) groups excluding carboxylic acids is 2. The lowest BCUT2D eigenvalue weighted by molar-refractivity contribution is -0.134.